The Bertz CT molecular complexity index is 360. The zero-order valence-corrected chi connectivity index (χ0v) is 9.39. The molecule has 0 aliphatic heterocycles. The number of aliphatic carboxylic acids is 1. The summed E-state index contributed by atoms with van der Waals surface area (Å²) in [6, 6.07) is -0.730. The minimum Gasteiger partial charge on any atom is -0.480 e. The van der Waals surface area contributed by atoms with Gasteiger partial charge in [-0.1, -0.05) is 13.0 Å². The molecule has 1 atom stereocenters. The number of nitrogens with one attached hydrogen (secondary N) is 1. The van der Waals surface area contributed by atoms with E-state index in [1.54, 1.807) is 18.6 Å². The van der Waals surface area contributed by atoms with Crippen molar-refractivity contribution in [2.45, 2.75) is 25.9 Å². The van der Waals surface area contributed by atoms with Crippen molar-refractivity contribution >= 4 is 5.97 Å². The van der Waals surface area contributed by atoms with E-state index in [1.807, 2.05) is 11.5 Å². The topological polar surface area (TPSA) is 67.2 Å². The molecule has 1 aromatic rings. The molecule has 2 N–H and O–H groups in total. The number of hydrogen-bond acceptors (Lipinski definition) is 3. The van der Waals surface area contributed by atoms with Gasteiger partial charge in [-0.05, 0) is 6.42 Å². The molecular weight excluding hydrogens is 206 g/mol. The molecule has 0 saturated carbocycles. The van der Waals surface area contributed by atoms with Crippen LogP contribution in [0, 0.1) is 0 Å². The van der Waals surface area contributed by atoms with E-state index in [-0.39, 0.29) is 0 Å². The van der Waals surface area contributed by atoms with Crippen LogP contribution in [0.15, 0.2) is 25.2 Å². The average molecular weight is 223 g/mol. The maximum atomic E-state index is 11.1. The van der Waals surface area contributed by atoms with Crippen molar-refractivity contribution in [2.75, 3.05) is 6.54 Å². The summed E-state index contributed by atoms with van der Waals surface area (Å²) in [5, 5.41) is 12.0. The molecule has 5 nitrogen and oxygen atoms in total. The Morgan fingerprint density at radius 2 is 2.56 bits per heavy atom. The maximum absolute atomic E-state index is 11.1. The van der Waals surface area contributed by atoms with Crippen LogP contribution in [0.3, 0.4) is 0 Å². The van der Waals surface area contributed by atoms with Crippen molar-refractivity contribution in [1.29, 1.82) is 0 Å². The van der Waals surface area contributed by atoms with Crippen LogP contribution in [-0.2, 0) is 11.3 Å². The second-order valence-corrected chi connectivity index (χ2v) is 3.48. The molecule has 0 aromatic carbocycles. The van der Waals surface area contributed by atoms with Gasteiger partial charge in [0.15, 0.2) is 0 Å². The zero-order chi connectivity index (χ0) is 12.0. The molecule has 1 aromatic heterocycles. The number of carbonyl (C=O) groups is 1. The lowest BCUT2D eigenvalue weighted by molar-refractivity contribution is -0.139. The second kappa shape index (κ2) is 6.07. The smallest absolute Gasteiger partial charge is 0.326 e. The van der Waals surface area contributed by atoms with E-state index in [0.29, 0.717) is 12.2 Å². The minimum atomic E-state index is -0.903. The summed E-state index contributed by atoms with van der Waals surface area (Å²) < 4.78 is 1.86. The first-order chi connectivity index (χ1) is 7.70. The largest absolute Gasteiger partial charge is 0.480 e. The number of hydrogen-bond donors (Lipinski definition) is 2. The SMILES string of the molecule is C=CCNC(C(=O)O)c1cncn1CCC. The van der Waals surface area contributed by atoms with Crippen LogP contribution in [0.1, 0.15) is 25.1 Å². The highest BCUT2D eigenvalue weighted by Crippen LogP contribution is 2.13. The van der Waals surface area contributed by atoms with Crippen molar-refractivity contribution in [1.82, 2.24) is 14.9 Å². The van der Waals surface area contributed by atoms with Crippen LogP contribution in [0.2, 0.25) is 0 Å². The van der Waals surface area contributed by atoms with E-state index in [0.717, 1.165) is 13.0 Å². The van der Waals surface area contributed by atoms with Gasteiger partial charge in [-0.15, -0.1) is 6.58 Å². The first-order valence-corrected chi connectivity index (χ1v) is 5.27. The van der Waals surface area contributed by atoms with Gasteiger partial charge in [0.1, 0.15) is 6.04 Å². The monoisotopic (exact) mass is 223 g/mol. The molecule has 0 radical (unpaired) electrons. The van der Waals surface area contributed by atoms with Crippen molar-refractivity contribution < 1.29 is 9.90 Å². The van der Waals surface area contributed by atoms with Crippen molar-refractivity contribution in [3.8, 4) is 0 Å². The van der Waals surface area contributed by atoms with Crippen LogP contribution >= 0.6 is 0 Å². The van der Waals surface area contributed by atoms with Gasteiger partial charge in [0.05, 0.1) is 18.2 Å². The van der Waals surface area contributed by atoms with Gasteiger partial charge in [0.25, 0.3) is 0 Å². The second-order valence-electron chi connectivity index (χ2n) is 3.48. The molecule has 0 fully saturated rings. The summed E-state index contributed by atoms with van der Waals surface area (Å²) in [6.45, 7) is 6.82. The number of rotatable bonds is 7. The number of carboxylic acid groups (broad SMARTS) is 1. The lowest BCUT2D eigenvalue weighted by Gasteiger charge is -2.15. The quantitative estimate of drug-likeness (QED) is 0.681. The van der Waals surface area contributed by atoms with Gasteiger partial charge in [-0.2, -0.15) is 0 Å². The van der Waals surface area contributed by atoms with Gasteiger partial charge in [-0.25, -0.2) is 4.98 Å². The number of imidazole rings is 1. The van der Waals surface area contributed by atoms with Crippen LogP contribution in [0.5, 0.6) is 0 Å². The van der Waals surface area contributed by atoms with Gasteiger partial charge >= 0.3 is 5.97 Å². The average Bonchev–Trinajstić information content (AvgIpc) is 2.67. The Morgan fingerprint density at radius 1 is 1.81 bits per heavy atom. The van der Waals surface area contributed by atoms with Gasteiger partial charge in [0.2, 0.25) is 0 Å². The standard InChI is InChI=1S/C11H17N3O2/c1-3-5-13-10(11(15)16)9-7-12-8-14(9)6-4-2/h3,7-8,10,13H,1,4-6H2,2H3,(H,15,16). The molecule has 1 heterocycles. The number of carboxylic acids is 1. The van der Waals surface area contributed by atoms with Crippen LogP contribution in [-0.4, -0.2) is 27.2 Å². The Balaban J connectivity index is 2.86. The summed E-state index contributed by atoms with van der Waals surface area (Å²) in [6.07, 6.45) is 5.82. The van der Waals surface area contributed by atoms with Crippen LogP contribution in [0.25, 0.3) is 0 Å². The predicted molar refractivity (Wildman–Crippen MR) is 61.1 cm³/mol. The molecule has 0 aliphatic rings. The van der Waals surface area contributed by atoms with Crippen molar-refractivity contribution in [2.24, 2.45) is 0 Å². The fourth-order valence-electron chi connectivity index (χ4n) is 1.52. The summed E-state index contributed by atoms with van der Waals surface area (Å²) >= 11 is 0. The fraction of sp³-hybridized carbons (Fsp3) is 0.455. The minimum absolute atomic E-state index is 0.453. The molecule has 1 unspecified atom stereocenters. The van der Waals surface area contributed by atoms with Gasteiger partial charge in [-0.3, -0.25) is 10.1 Å². The first kappa shape index (κ1) is 12.4. The van der Waals surface area contributed by atoms with Crippen LogP contribution in [0.4, 0.5) is 0 Å². The number of nitrogens with zero attached hydrogens (tertiary/aromatic N) is 2. The molecule has 5 heteroatoms. The summed E-state index contributed by atoms with van der Waals surface area (Å²) in [7, 11) is 0. The molecule has 0 saturated heterocycles. The Hall–Kier alpha value is -1.62. The Labute approximate surface area is 94.8 Å². The van der Waals surface area contributed by atoms with Crippen molar-refractivity contribution in [3.05, 3.63) is 30.9 Å². The van der Waals surface area contributed by atoms with Crippen molar-refractivity contribution in [3.63, 3.8) is 0 Å². The van der Waals surface area contributed by atoms with E-state index < -0.39 is 12.0 Å². The predicted octanol–water partition coefficient (Wildman–Crippen LogP) is 1.19. The fourth-order valence-corrected chi connectivity index (χ4v) is 1.52. The van der Waals surface area contributed by atoms with E-state index >= 15 is 0 Å². The summed E-state index contributed by atoms with van der Waals surface area (Å²) in [4.78, 5) is 15.1. The molecule has 88 valence electrons. The maximum Gasteiger partial charge on any atom is 0.326 e. The number of aromatic nitrogens is 2. The molecular formula is C11H17N3O2. The highest BCUT2D eigenvalue weighted by molar-refractivity contribution is 5.74. The first-order valence-electron chi connectivity index (χ1n) is 5.27. The highest BCUT2D eigenvalue weighted by Gasteiger charge is 2.21. The lowest BCUT2D eigenvalue weighted by Crippen LogP contribution is -2.30. The van der Waals surface area contributed by atoms with E-state index in [9.17, 15) is 4.79 Å². The third kappa shape index (κ3) is 2.93. The third-order valence-electron chi connectivity index (χ3n) is 2.22. The van der Waals surface area contributed by atoms with E-state index in [4.69, 9.17) is 5.11 Å². The third-order valence-corrected chi connectivity index (χ3v) is 2.22. The van der Waals surface area contributed by atoms with Crippen LogP contribution < -0.4 is 5.32 Å². The molecule has 0 spiro atoms. The highest BCUT2D eigenvalue weighted by atomic mass is 16.4. The lowest BCUT2D eigenvalue weighted by atomic mass is 10.2. The normalized spacial score (nSPS) is 12.3. The Morgan fingerprint density at radius 3 is 3.12 bits per heavy atom. The van der Waals surface area contributed by atoms with Gasteiger partial charge in [0, 0.05) is 13.1 Å². The van der Waals surface area contributed by atoms with E-state index in [2.05, 4.69) is 16.9 Å². The molecule has 0 aliphatic carbocycles. The molecule has 16 heavy (non-hydrogen) atoms. The molecule has 0 amide bonds. The summed E-state index contributed by atoms with van der Waals surface area (Å²) in [5.74, 6) is -0.903. The zero-order valence-electron chi connectivity index (χ0n) is 9.39. The Kier molecular flexibility index (Phi) is 4.72. The summed E-state index contributed by atoms with van der Waals surface area (Å²) in [5.41, 5.74) is 0.677. The molecule has 0 bridgehead atoms. The number of aryl methyl sites for hydroxylation is 1. The van der Waals surface area contributed by atoms with E-state index in [1.165, 1.54) is 0 Å². The van der Waals surface area contributed by atoms with Gasteiger partial charge < -0.3 is 9.67 Å². The molecule has 1 rings (SSSR count).